The second-order valence-electron chi connectivity index (χ2n) is 4.99. The molecule has 0 saturated heterocycles. The number of fused-ring (bicyclic) bond motifs is 1. The fourth-order valence-electron chi connectivity index (χ4n) is 2.58. The maximum Gasteiger partial charge on any atom is 0.152 e. The van der Waals surface area contributed by atoms with E-state index in [1.807, 2.05) is 49.8 Å². The second kappa shape index (κ2) is 4.65. The number of hydrogen-bond acceptors (Lipinski definition) is 3. The molecule has 2 N–H and O–H groups in total. The summed E-state index contributed by atoms with van der Waals surface area (Å²) in [6.45, 7) is 3.96. The van der Waals surface area contributed by atoms with Gasteiger partial charge in [0.1, 0.15) is 5.76 Å². The van der Waals surface area contributed by atoms with Crippen LogP contribution in [0.3, 0.4) is 0 Å². The molecule has 0 aliphatic carbocycles. The highest BCUT2D eigenvalue weighted by Gasteiger charge is 2.22. The quantitative estimate of drug-likeness (QED) is 0.786. The van der Waals surface area contributed by atoms with Crippen LogP contribution in [-0.4, -0.2) is 9.78 Å². The Morgan fingerprint density at radius 1 is 1.35 bits per heavy atom. The van der Waals surface area contributed by atoms with E-state index in [1.54, 1.807) is 0 Å². The Bertz CT molecular complexity index is 788. The van der Waals surface area contributed by atoms with E-state index in [0.29, 0.717) is 16.4 Å². The van der Waals surface area contributed by atoms with Gasteiger partial charge in [-0.2, -0.15) is 5.10 Å². The van der Waals surface area contributed by atoms with E-state index in [2.05, 4.69) is 5.10 Å². The molecule has 0 aliphatic heterocycles. The number of hydrogen-bond donors (Lipinski definition) is 1. The maximum atomic E-state index is 6.36. The summed E-state index contributed by atoms with van der Waals surface area (Å²) in [6.07, 6.45) is 0. The van der Waals surface area contributed by atoms with Gasteiger partial charge in [-0.3, -0.25) is 4.68 Å². The molecule has 20 heavy (non-hydrogen) atoms. The standard InChI is InChI=1S/C15H16ClN3O/c1-8-13(9(2)19(3)18-8)14(17)12-7-10-5-4-6-11(16)15(10)20-12/h4-7,14H,17H2,1-3H3. The van der Waals surface area contributed by atoms with E-state index < -0.39 is 0 Å². The molecule has 0 bridgehead atoms. The lowest BCUT2D eigenvalue weighted by atomic mass is 10.0. The van der Waals surface area contributed by atoms with Crippen molar-refractivity contribution in [2.75, 3.05) is 0 Å². The zero-order valence-electron chi connectivity index (χ0n) is 11.6. The van der Waals surface area contributed by atoms with Crippen molar-refractivity contribution < 1.29 is 4.42 Å². The summed E-state index contributed by atoms with van der Waals surface area (Å²) in [6, 6.07) is 7.27. The summed E-state index contributed by atoms with van der Waals surface area (Å²) < 4.78 is 7.67. The van der Waals surface area contributed by atoms with E-state index in [4.69, 9.17) is 21.8 Å². The summed E-state index contributed by atoms with van der Waals surface area (Å²) in [7, 11) is 1.91. The van der Waals surface area contributed by atoms with Gasteiger partial charge in [-0.25, -0.2) is 0 Å². The van der Waals surface area contributed by atoms with Gasteiger partial charge in [-0.05, 0) is 26.0 Å². The zero-order valence-corrected chi connectivity index (χ0v) is 12.4. The van der Waals surface area contributed by atoms with Crippen LogP contribution in [0.1, 0.15) is 28.8 Å². The Kier molecular flexibility index (Phi) is 3.07. The molecule has 0 fully saturated rings. The molecule has 3 aromatic rings. The fraction of sp³-hybridized carbons (Fsp3) is 0.267. The summed E-state index contributed by atoms with van der Waals surface area (Å²) in [5.41, 5.74) is 10.0. The van der Waals surface area contributed by atoms with Gasteiger partial charge in [-0.15, -0.1) is 0 Å². The highest BCUT2D eigenvalue weighted by Crippen LogP contribution is 2.32. The van der Waals surface area contributed by atoms with Gasteiger partial charge in [-0.1, -0.05) is 23.7 Å². The van der Waals surface area contributed by atoms with Crippen LogP contribution >= 0.6 is 11.6 Å². The van der Waals surface area contributed by atoms with Crippen LogP contribution in [0.2, 0.25) is 5.02 Å². The van der Waals surface area contributed by atoms with Crippen molar-refractivity contribution in [3.63, 3.8) is 0 Å². The van der Waals surface area contributed by atoms with Gasteiger partial charge in [0.2, 0.25) is 0 Å². The molecule has 5 heteroatoms. The first kappa shape index (κ1) is 13.2. The minimum Gasteiger partial charge on any atom is -0.457 e. The van der Waals surface area contributed by atoms with Crippen molar-refractivity contribution in [3.8, 4) is 0 Å². The number of aromatic nitrogens is 2. The van der Waals surface area contributed by atoms with E-state index in [-0.39, 0.29) is 6.04 Å². The van der Waals surface area contributed by atoms with Crippen molar-refractivity contribution in [3.05, 3.63) is 52.0 Å². The third-order valence-corrected chi connectivity index (χ3v) is 4.00. The molecular weight excluding hydrogens is 274 g/mol. The molecule has 4 nitrogen and oxygen atoms in total. The number of nitrogens with two attached hydrogens (primary N) is 1. The molecule has 2 heterocycles. The first-order chi connectivity index (χ1) is 9.49. The first-order valence-corrected chi connectivity index (χ1v) is 6.80. The van der Waals surface area contributed by atoms with Gasteiger partial charge in [0.15, 0.2) is 5.58 Å². The number of furan rings is 1. The Morgan fingerprint density at radius 3 is 2.70 bits per heavy atom. The molecule has 0 radical (unpaired) electrons. The van der Waals surface area contributed by atoms with Crippen LogP contribution in [0.25, 0.3) is 11.0 Å². The lowest BCUT2D eigenvalue weighted by Crippen LogP contribution is -2.13. The first-order valence-electron chi connectivity index (χ1n) is 6.42. The average molecular weight is 290 g/mol. The molecule has 104 valence electrons. The minimum atomic E-state index is -0.341. The number of aryl methyl sites for hydroxylation is 2. The van der Waals surface area contributed by atoms with Crippen LogP contribution in [-0.2, 0) is 7.05 Å². The second-order valence-corrected chi connectivity index (χ2v) is 5.40. The molecule has 1 aromatic carbocycles. The Balaban J connectivity index is 2.13. The molecule has 3 rings (SSSR count). The summed E-state index contributed by atoms with van der Waals surface area (Å²) in [5.74, 6) is 0.701. The predicted octanol–water partition coefficient (Wildman–Crippen LogP) is 3.48. The number of halogens is 1. The summed E-state index contributed by atoms with van der Waals surface area (Å²) in [4.78, 5) is 0. The minimum absolute atomic E-state index is 0.341. The summed E-state index contributed by atoms with van der Waals surface area (Å²) >= 11 is 6.14. The highest BCUT2D eigenvalue weighted by molar-refractivity contribution is 6.34. The fourth-order valence-corrected chi connectivity index (χ4v) is 2.80. The van der Waals surface area contributed by atoms with Crippen LogP contribution < -0.4 is 5.73 Å². The monoisotopic (exact) mass is 289 g/mol. The van der Waals surface area contributed by atoms with Gasteiger partial charge in [0.05, 0.1) is 16.8 Å². The molecular formula is C15H16ClN3O. The normalized spacial score (nSPS) is 13.1. The van der Waals surface area contributed by atoms with E-state index in [1.165, 1.54) is 0 Å². The molecule has 0 aliphatic rings. The zero-order chi connectivity index (χ0) is 14.4. The van der Waals surface area contributed by atoms with E-state index in [0.717, 1.165) is 22.3 Å². The molecule has 1 atom stereocenters. The van der Waals surface area contributed by atoms with Gasteiger partial charge < -0.3 is 10.2 Å². The number of nitrogens with zero attached hydrogens (tertiary/aromatic N) is 2. The Labute approximate surface area is 122 Å². The van der Waals surface area contributed by atoms with Crippen molar-refractivity contribution in [2.24, 2.45) is 12.8 Å². The SMILES string of the molecule is Cc1nn(C)c(C)c1C(N)c1cc2cccc(Cl)c2o1. The van der Waals surface area contributed by atoms with E-state index >= 15 is 0 Å². The molecule has 2 aromatic heterocycles. The average Bonchev–Trinajstić information content (AvgIpc) is 2.93. The molecule has 0 amide bonds. The Hall–Kier alpha value is -1.78. The van der Waals surface area contributed by atoms with Crippen LogP contribution in [0, 0.1) is 13.8 Å². The smallest absolute Gasteiger partial charge is 0.152 e. The van der Waals surface area contributed by atoms with Gasteiger partial charge >= 0.3 is 0 Å². The Morgan fingerprint density at radius 2 is 2.10 bits per heavy atom. The maximum absolute atomic E-state index is 6.36. The lowest BCUT2D eigenvalue weighted by Gasteiger charge is -2.09. The molecule has 0 saturated carbocycles. The van der Waals surface area contributed by atoms with Crippen molar-refractivity contribution in [1.82, 2.24) is 9.78 Å². The molecule has 1 unspecified atom stereocenters. The van der Waals surface area contributed by atoms with Crippen molar-refractivity contribution in [2.45, 2.75) is 19.9 Å². The molecule has 0 spiro atoms. The number of rotatable bonds is 2. The topological polar surface area (TPSA) is 57.0 Å². The third-order valence-electron chi connectivity index (χ3n) is 3.70. The predicted molar refractivity (Wildman–Crippen MR) is 79.9 cm³/mol. The van der Waals surface area contributed by atoms with Crippen LogP contribution in [0.5, 0.6) is 0 Å². The largest absolute Gasteiger partial charge is 0.457 e. The van der Waals surface area contributed by atoms with Crippen molar-refractivity contribution >= 4 is 22.6 Å². The van der Waals surface area contributed by atoms with Gasteiger partial charge in [0.25, 0.3) is 0 Å². The van der Waals surface area contributed by atoms with Crippen LogP contribution in [0.4, 0.5) is 0 Å². The van der Waals surface area contributed by atoms with E-state index in [9.17, 15) is 0 Å². The summed E-state index contributed by atoms with van der Waals surface area (Å²) in [5, 5.41) is 5.96. The number of benzene rings is 1. The van der Waals surface area contributed by atoms with Crippen molar-refractivity contribution in [1.29, 1.82) is 0 Å². The lowest BCUT2D eigenvalue weighted by molar-refractivity contribution is 0.523. The highest BCUT2D eigenvalue weighted by atomic mass is 35.5. The van der Waals surface area contributed by atoms with Crippen LogP contribution in [0.15, 0.2) is 28.7 Å². The number of para-hydroxylation sites is 1. The van der Waals surface area contributed by atoms with Gasteiger partial charge in [0, 0.05) is 23.7 Å². The third kappa shape index (κ3) is 1.92.